The Morgan fingerprint density at radius 2 is 1.74 bits per heavy atom. The number of ether oxygens (including phenoxy) is 1. The smallest absolute Gasteiger partial charge is 0.138 e. The van der Waals surface area contributed by atoms with Gasteiger partial charge >= 0.3 is 0 Å². The van der Waals surface area contributed by atoms with Gasteiger partial charge in [0, 0.05) is 16.5 Å². The minimum Gasteiger partial charge on any atom is -0.489 e. The predicted octanol–water partition coefficient (Wildman–Crippen LogP) is 5.97. The molecule has 0 aliphatic rings. The van der Waals surface area contributed by atoms with Crippen LogP contribution in [-0.2, 0) is 5.75 Å². The minimum absolute atomic E-state index is 0.162. The van der Waals surface area contributed by atoms with Crippen molar-refractivity contribution in [1.82, 2.24) is 0 Å². The molecule has 2 nitrogen and oxygen atoms in total. The Hall–Kier alpha value is -0.290. The van der Waals surface area contributed by atoms with E-state index in [2.05, 4.69) is 0 Å². The third-order valence-corrected chi connectivity index (χ3v) is 5.32. The summed E-state index contributed by atoms with van der Waals surface area (Å²) in [5, 5.41) is 12.0. The average molecular weight is 412 g/mol. The average Bonchev–Trinajstić information content (AvgIpc) is 2.50. The summed E-state index contributed by atoms with van der Waals surface area (Å²) in [6.45, 7) is 0.162. The minimum atomic E-state index is -0.602. The fraction of sp³-hybridized carbons (Fsp3) is 0.250. The van der Waals surface area contributed by atoms with Crippen molar-refractivity contribution >= 4 is 58.2 Å². The summed E-state index contributed by atoms with van der Waals surface area (Å²) in [4.78, 5) is 0. The van der Waals surface area contributed by atoms with Crippen molar-refractivity contribution < 1.29 is 9.84 Å². The van der Waals surface area contributed by atoms with Gasteiger partial charge in [-0.05, 0) is 35.9 Å². The standard InChI is InChI=1S/C16H14Cl4O2S/c17-11-2-4-16(15(20)6-11)22-7-12(21)9-23-8-10-1-3-13(18)14(19)5-10/h1-6,12,21H,7-9H2. The van der Waals surface area contributed by atoms with Crippen LogP contribution in [0.1, 0.15) is 5.56 Å². The van der Waals surface area contributed by atoms with Crippen LogP contribution in [0.5, 0.6) is 5.75 Å². The normalized spacial score (nSPS) is 12.2. The highest BCUT2D eigenvalue weighted by Gasteiger charge is 2.09. The molecular formula is C16H14Cl4O2S. The molecule has 0 radical (unpaired) electrons. The maximum atomic E-state index is 9.97. The molecular weight excluding hydrogens is 398 g/mol. The SMILES string of the molecule is OC(COc1ccc(Cl)cc1Cl)CSCc1ccc(Cl)c(Cl)c1. The predicted molar refractivity (Wildman–Crippen MR) is 101 cm³/mol. The van der Waals surface area contributed by atoms with E-state index in [9.17, 15) is 5.11 Å². The monoisotopic (exact) mass is 410 g/mol. The molecule has 23 heavy (non-hydrogen) atoms. The Balaban J connectivity index is 1.74. The lowest BCUT2D eigenvalue weighted by molar-refractivity contribution is 0.126. The summed E-state index contributed by atoms with van der Waals surface area (Å²) in [7, 11) is 0. The number of thioether (sulfide) groups is 1. The Morgan fingerprint density at radius 3 is 2.43 bits per heavy atom. The highest BCUT2D eigenvalue weighted by molar-refractivity contribution is 7.98. The second-order valence-corrected chi connectivity index (χ2v) is 7.49. The first kappa shape index (κ1) is 19.0. The number of halogens is 4. The van der Waals surface area contributed by atoms with Crippen LogP contribution in [0.15, 0.2) is 36.4 Å². The molecule has 2 rings (SSSR count). The largest absolute Gasteiger partial charge is 0.489 e. The number of aliphatic hydroxyl groups excluding tert-OH is 1. The molecule has 2 aromatic rings. The van der Waals surface area contributed by atoms with Gasteiger partial charge in [-0.1, -0.05) is 52.5 Å². The van der Waals surface area contributed by atoms with Gasteiger partial charge < -0.3 is 9.84 Å². The van der Waals surface area contributed by atoms with E-state index in [1.165, 1.54) is 0 Å². The van der Waals surface area contributed by atoms with Gasteiger partial charge in [0.25, 0.3) is 0 Å². The zero-order chi connectivity index (χ0) is 16.8. The van der Waals surface area contributed by atoms with Gasteiger partial charge in [-0.15, -0.1) is 0 Å². The Bertz CT molecular complexity index is 667. The zero-order valence-corrected chi connectivity index (χ0v) is 15.8. The molecule has 0 aliphatic carbocycles. The van der Waals surface area contributed by atoms with Gasteiger partial charge in [-0.25, -0.2) is 0 Å². The molecule has 0 bridgehead atoms. The highest BCUT2D eigenvalue weighted by atomic mass is 35.5. The van der Waals surface area contributed by atoms with Gasteiger partial charge in [0.2, 0.25) is 0 Å². The Labute approximate surface area is 159 Å². The highest BCUT2D eigenvalue weighted by Crippen LogP contribution is 2.28. The molecule has 0 amide bonds. The van der Waals surface area contributed by atoms with Crippen LogP contribution >= 0.6 is 58.2 Å². The molecule has 1 unspecified atom stereocenters. The summed E-state index contributed by atoms with van der Waals surface area (Å²) in [5.41, 5.74) is 1.05. The lowest BCUT2D eigenvalue weighted by atomic mass is 10.2. The van der Waals surface area contributed by atoms with E-state index in [0.29, 0.717) is 31.6 Å². The van der Waals surface area contributed by atoms with E-state index in [1.54, 1.807) is 36.0 Å². The van der Waals surface area contributed by atoms with Gasteiger partial charge in [-0.2, -0.15) is 11.8 Å². The van der Waals surface area contributed by atoms with Crippen molar-refractivity contribution in [3.8, 4) is 5.75 Å². The van der Waals surface area contributed by atoms with E-state index in [4.69, 9.17) is 51.1 Å². The fourth-order valence-electron chi connectivity index (χ4n) is 1.77. The summed E-state index contributed by atoms with van der Waals surface area (Å²) in [5.74, 6) is 1.77. The molecule has 0 aromatic heterocycles. The Kier molecular flexibility index (Phi) is 7.67. The molecule has 0 fully saturated rings. The number of hydrogen-bond acceptors (Lipinski definition) is 3. The van der Waals surface area contributed by atoms with Crippen molar-refractivity contribution in [2.75, 3.05) is 12.4 Å². The molecule has 0 spiro atoms. The second kappa shape index (κ2) is 9.26. The lowest BCUT2D eigenvalue weighted by Gasteiger charge is -2.13. The van der Waals surface area contributed by atoms with Crippen LogP contribution in [0.3, 0.4) is 0 Å². The topological polar surface area (TPSA) is 29.5 Å². The van der Waals surface area contributed by atoms with Gasteiger partial charge in [0.05, 0.1) is 21.2 Å². The summed E-state index contributed by atoms with van der Waals surface area (Å²) < 4.78 is 5.50. The molecule has 0 aliphatic heterocycles. The summed E-state index contributed by atoms with van der Waals surface area (Å²) in [6, 6.07) is 10.5. The van der Waals surface area contributed by atoms with Crippen LogP contribution in [0.25, 0.3) is 0 Å². The van der Waals surface area contributed by atoms with E-state index in [-0.39, 0.29) is 6.61 Å². The molecule has 2 aromatic carbocycles. The second-order valence-electron chi connectivity index (χ2n) is 4.80. The quantitative estimate of drug-likeness (QED) is 0.608. The number of benzene rings is 2. The van der Waals surface area contributed by atoms with Crippen LogP contribution in [0.4, 0.5) is 0 Å². The van der Waals surface area contributed by atoms with Crippen LogP contribution in [-0.4, -0.2) is 23.6 Å². The number of rotatable bonds is 7. The van der Waals surface area contributed by atoms with E-state index in [1.807, 2.05) is 12.1 Å². The maximum Gasteiger partial charge on any atom is 0.138 e. The first-order chi connectivity index (χ1) is 11.0. The molecule has 1 N–H and O–H groups in total. The zero-order valence-electron chi connectivity index (χ0n) is 11.9. The number of aliphatic hydroxyl groups is 1. The molecule has 7 heteroatoms. The Morgan fingerprint density at radius 1 is 0.957 bits per heavy atom. The van der Waals surface area contributed by atoms with Crippen molar-refractivity contribution in [2.45, 2.75) is 11.9 Å². The molecule has 0 heterocycles. The van der Waals surface area contributed by atoms with Crippen molar-refractivity contribution in [2.24, 2.45) is 0 Å². The van der Waals surface area contributed by atoms with E-state index >= 15 is 0 Å². The van der Waals surface area contributed by atoms with E-state index < -0.39 is 6.10 Å². The van der Waals surface area contributed by atoms with Crippen molar-refractivity contribution in [1.29, 1.82) is 0 Å². The third kappa shape index (κ3) is 6.26. The lowest BCUT2D eigenvalue weighted by Crippen LogP contribution is -2.20. The van der Waals surface area contributed by atoms with Crippen molar-refractivity contribution in [3.63, 3.8) is 0 Å². The van der Waals surface area contributed by atoms with Crippen molar-refractivity contribution in [3.05, 3.63) is 62.1 Å². The maximum absolute atomic E-state index is 9.97. The van der Waals surface area contributed by atoms with Gasteiger partial charge in [0.15, 0.2) is 0 Å². The molecule has 124 valence electrons. The van der Waals surface area contributed by atoms with E-state index in [0.717, 1.165) is 11.3 Å². The fourth-order valence-corrected chi connectivity index (χ4v) is 3.45. The summed E-state index contributed by atoms with van der Waals surface area (Å²) in [6.07, 6.45) is -0.602. The molecule has 0 saturated heterocycles. The van der Waals surface area contributed by atoms with Gasteiger partial charge in [-0.3, -0.25) is 0 Å². The molecule has 0 saturated carbocycles. The first-order valence-electron chi connectivity index (χ1n) is 6.73. The van der Waals surface area contributed by atoms with Crippen LogP contribution in [0.2, 0.25) is 20.1 Å². The molecule has 1 atom stereocenters. The summed E-state index contributed by atoms with van der Waals surface area (Å²) >= 11 is 25.2. The van der Waals surface area contributed by atoms with Crippen LogP contribution in [0, 0.1) is 0 Å². The first-order valence-corrected chi connectivity index (χ1v) is 9.40. The third-order valence-electron chi connectivity index (χ3n) is 2.89. The van der Waals surface area contributed by atoms with Gasteiger partial charge in [0.1, 0.15) is 12.4 Å². The number of hydrogen-bond donors (Lipinski definition) is 1. The van der Waals surface area contributed by atoms with Crippen LogP contribution < -0.4 is 4.74 Å².